The van der Waals surface area contributed by atoms with Crippen molar-refractivity contribution in [2.75, 3.05) is 5.32 Å². The standard InChI is InChI=1S/C17H12ClF4NO/c1-16(13-5-3-11(19)7-14(13)23-15(16)24)8-9-6-10(18)2-4-12(9)17(20,21)22/h2-7H,8H2,1H3,(H,23,24). The Balaban J connectivity index is 2.09. The van der Waals surface area contributed by atoms with Crippen LogP contribution in [0.2, 0.25) is 5.02 Å². The fourth-order valence-electron chi connectivity index (χ4n) is 3.03. The number of benzene rings is 2. The van der Waals surface area contributed by atoms with Crippen molar-refractivity contribution >= 4 is 23.2 Å². The van der Waals surface area contributed by atoms with Crippen molar-refractivity contribution in [2.45, 2.75) is 24.9 Å². The quantitative estimate of drug-likeness (QED) is 0.757. The molecule has 0 aromatic heterocycles. The summed E-state index contributed by atoms with van der Waals surface area (Å²) < 4.78 is 53.0. The molecular formula is C17H12ClF4NO. The van der Waals surface area contributed by atoms with E-state index in [1.165, 1.54) is 25.1 Å². The zero-order chi connectivity index (χ0) is 17.7. The first-order valence-electron chi connectivity index (χ1n) is 7.08. The molecule has 1 aliphatic rings. The molecular weight excluding hydrogens is 346 g/mol. The Kier molecular flexibility index (Phi) is 3.83. The molecule has 0 saturated carbocycles. The number of carbonyl (C=O) groups is 1. The number of halogens is 5. The lowest BCUT2D eigenvalue weighted by atomic mass is 9.77. The van der Waals surface area contributed by atoms with Gasteiger partial charge in [0.1, 0.15) is 5.82 Å². The average molecular weight is 358 g/mol. The van der Waals surface area contributed by atoms with Crippen molar-refractivity contribution in [2.24, 2.45) is 0 Å². The van der Waals surface area contributed by atoms with E-state index < -0.39 is 28.9 Å². The van der Waals surface area contributed by atoms with E-state index in [2.05, 4.69) is 5.32 Å². The topological polar surface area (TPSA) is 29.1 Å². The molecule has 2 aromatic carbocycles. The van der Waals surface area contributed by atoms with E-state index in [-0.39, 0.29) is 22.7 Å². The lowest BCUT2D eigenvalue weighted by Crippen LogP contribution is -2.34. The van der Waals surface area contributed by atoms with Crippen LogP contribution in [-0.2, 0) is 22.8 Å². The summed E-state index contributed by atoms with van der Waals surface area (Å²) in [6, 6.07) is 7.03. The van der Waals surface area contributed by atoms with Gasteiger partial charge in [0.25, 0.3) is 0 Å². The summed E-state index contributed by atoms with van der Waals surface area (Å²) in [5.74, 6) is -1.01. The second-order valence-corrected chi connectivity index (χ2v) is 6.39. The molecule has 2 nitrogen and oxygen atoms in total. The van der Waals surface area contributed by atoms with Crippen molar-refractivity contribution in [3.8, 4) is 0 Å². The first-order chi connectivity index (χ1) is 11.1. The van der Waals surface area contributed by atoms with E-state index >= 15 is 0 Å². The van der Waals surface area contributed by atoms with E-state index in [0.717, 1.165) is 18.2 Å². The molecule has 1 N–H and O–H groups in total. The molecule has 1 amide bonds. The molecule has 0 bridgehead atoms. The summed E-state index contributed by atoms with van der Waals surface area (Å²) in [6.45, 7) is 1.53. The highest BCUT2D eigenvalue weighted by Crippen LogP contribution is 2.43. The molecule has 1 heterocycles. The largest absolute Gasteiger partial charge is 0.416 e. The molecule has 1 aliphatic heterocycles. The maximum absolute atomic E-state index is 13.3. The Morgan fingerprint density at radius 1 is 1.17 bits per heavy atom. The van der Waals surface area contributed by atoms with E-state index in [9.17, 15) is 22.4 Å². The minimum atomic E-state index is -4.56. The van der Waals surface area contributed by atoms with Crippen molar-refractivity contribution in [1.82, 2.24) is 0 Å². The van der Waals surface area contributed by atoms with Crippen molar-refractivity contribution < 1.29 is 22.4 Å². The van der Waals surface area contributed by atoms with Crippen LogP contribution in [0.15, 0.2) is 36.4 Å². The van der Waals surface area contributed by atoms with Crippen LogP contribution in [0.5, 0.6) is 0 Å². The number of amides is 1. The number of hydrogen-bond donors (Lipinski definition) is 1. The third-order valence-corrected chi connectivity index (χ3v) is 4.48. The third kappa shape index (κ3) is 2.75. The minimum absolute atomic E-state index is 0.0789. The third-order valence-electron chi connectivity index (χ3n) is 4.24. The van der Waals surface area contributed by atoms with Crippen LogP contribution in [0.1, 0.15) is 23.6 Å². The smallest absolute Gasteiger partial charge is 0.325 e. The van der Waals surface area contributed by atoms with Gasteiger partial charge in [-0.3, -0.25) is 4.79 Å². The molecule has 24 heavy (non-hydrogen) atoms. The van der Waals surface area contributed by atoms with Crippen LogP contribution in [0.25, 0.3) is 0 Å². The van der Waals surface area contributed by atoms with E-state index in [4.69, 9.17) is 11.6 Å². The Morgan fingerprint density at radius 3 is 2.54 bits per heavy atom. The first kappa shape index (κ1) is 16.8. The maximum Gasteiger partial charge on any atom is 0.416 e. The zero-order valence-corrected chi connectivity index (χ0v) is 13.2. The van der Waals surface area contributed by atoms with Crippen LogP contribution >= 0.6 is 11.6 Å². The zero-order valence-electron chi connectivity index (χ0n) is 12.5. The van der Waals surface area contributed by atoms with Crippen LogP contribution in [0.3, 0.4) is 0 Å². The van der Waals surface area contributed by atoms with E-state index in [0.29, 0.717) is 5.56 Å². The molecule has 0 fully saturated rings. The number of rotatable bonds is 2. The number of fused-ring (bicyclic) bond motifs is 1. The SMILES string of the molecule is CC1(Cc2cc(Cl)ccc2C(F)(F)F)C(=O)Nc2cc(F)ccc21. The van der Waals surface area contributed by atoms with Crippen LogP contribution in [0, 0.1) is 5.82 Å². The fourth-order valence-corrected chi connectivity index (χ4v) is 3.22. The van der Waals surface area contributed by atoms with E-state index in [1.807, 2.05) is 0 Å². The van der Waals surface area contributed by atoms with Gasteiger partial charge < -0.3 is 5.32 Å². The summed E-state index contributed by atoms with van der Waals surface area (Å²) in [5.41, 5.74) is -1.42. The Labute approximate surface area is 140 Å². The Hall–Kier alpha value is -2.08. The normalized spacial score (nSPS) is 20.0. The number of carbonyl (C=O) groups excluding carboxylic acids is 1. The Bertz CT molecular complexity index is 834. The van der Waals surface area contributed by atoms with Gasteiger partial charge in [-0.25, -0.2) is 4.39 Å². The molecule has 0 radical (unpaired) electrons. The van der Waals surface area contributed by atoms with Gasteiger partial charge in [-0.1, -0.05) is 17.7 Å². The second-order valence-electron chi connectivity index (χ2n) is 5.95. The molecule has 126 valence electrons. The highest BCUT2D eigenvalue weighted by atomic mass is 35.5. The van der Waals surface area contributed by atoms with Gasteiger partial charge in [-0.15, -0.1) is 0 Å². The van der Waals surface area contributed by atoms with Crippen molar-refractivity contribution in [3.05, 3.63) is 63.9 Å². The number of anilines is 1. The molecule has 0 saturated heterocycles. The van der Waals surface area contributed by atoms with Crippen LogP contribution in [-0.4, -0.2) is 5.91 Å². The molecule has 0 aliphatic carbocycles. The Morgan fingerprint density at radius 2 is 1.88 bits per heavy atom. The summed E-state index contributed by atoms with van der Waals surface area (Å²) in [6.07, 6.45) is -4.76. The van der Waals surface area contributed by atoms with Crippen LogP contribution in [0.4, 0.5) is 23.2 Å². The minimum Gasteiger partial charge on any atom is -0.325 e. The molecule has 2 aromatic rings. The summed E-state index contributed by atoms with van der Waals surface area (Å²) in [7, 11) is 0. The van der Waals surface area contributed by atoms with Gasteiger partial charge in [-0.2, -0.15) is 13.2 Å². The highest BCUT2D eigenvalue weighted by molar-refractivity contribution is 6.30. The molecule has 1 atom stereocenters. The van der Waals surface area contributed by atoms with Gasteiger partial charge in [-0.05, 0) is 54.8 Å². The predicted molar refractivity (Wildman–Crippen MR) is 82.5 cm³/mol. The molecule has 1 unspecified atom stereocenters. The lowest BCUT2D eigenvalue weighted by molar-refractivity contribution is -0.138. The number of hydrogen-bond acceptors (Lipinski definition) is 1. The van der Waals surface area contributed by atoms with Crippen molar-refractivity contribution in [1.29, 1.82) is 0 Å². The monoisotopic (exact) mass is 357 g/mol. The lowest BCUT2D eigenvalue weighted by Gasteiger charge is -2.24. The summed E-state index contributed by atoms with van der Waals surface area (Å²) in [4.78, 5) is 12.4. The maximum atomic E-state index is 13.3. The molecule has 0 spiro atoms. The number of alkyl halides is 3. The molecule has 3 rings (SSSR count). The van der Waals surface area contributed by atoms with Gasteiger partial charge in [0.15, 0.2) is 0 Å². The van der Waals surface area contributed by atoms with Crippen LogP contribution < -0.4 is 5.32 Å². The van der Waals surface area contributed by atoms with Gasteiger partial charge in [0, 0.05) is 10.7 Å². The van der Waals surface area contributed by atoms with Gasteiger partial charge in [0.05, 0.1) is 11.0 Å². The summed E-state index contributed by atoms with van der Waals surface area (Å²) in [5, 5.41) is 2.68. The average Bonchev–Trinajstić information content (AvgIpc) is 2.68. The summed E-state index contributed by atoms with van der Waals surface area (Å²) >= 11 is 5.84. The first-order valence-corrected chi connectivity index (χ1v) is 7.46. The number of nitrogens with one attached hydrogen (secondary N) is 1. The van der Waals surface area contributed by atoms with Crippen molar-refractivity contribution in [3.63, 3.8) is 0 Å². The van der Waals surface area contributed by atoms with Gasteiger partial charge in [0.2, 0.25) is 5.91 Å². The predicted octanol–water partition coefficient (Wildman–Crippen LogP) is 4.95. The van der Waals surface area contributed by atoms with E-state index in [1.54, 1.807) is 0 Å². The second kappa shape index (κ2) is 5.48. The fraction of sp³-hybridized carbons (Fsp3) is 0.235. The molecule has 7 heteroatoms. The highest BCUT2D eigenvalue weighted by Gasteiger charge is 2.44. The van der Waals surface area contributed by atoms with Gasteiger partial charge >= 0.3 is 6.18 Å².